The van der Waals surface area contributed by atoms with Crippen molar-refractivity contribution in [1.82, 2.24) is 0 Å². The van der Waals surface area contributed by atoms with E-state index in [0.29, 0.717) is 11.4 Å². The van der Waals surface area contributed by atoms with Gasteiger partial charge in [0.15, 0.2) is 0 Å². The number of anilines is 2. The minimum absolute atomic E-state index is 0.0336. The first kappa shape index (κ1) is 14.0. The van der Waals surface area contributed by atoms with Crippen LogP contribution in [-0.4, -0.2) is 5.91 Å². The van der Waals surface area contributed by atoms with Gasteiger partial charge in [0.05, 0.1) is 11.4 Å². The van der Waals surface area contributed by atoms with Crippen LogP contribution in [0.4, 0.5) is 11.4 Å². The molecule has 0 aliphatic carbocycles. The molecule has 0 spiro atoms. The van der Waals surface area contributed by atoms with Gasteiger partial charge in [-0.3, -0.25) is 4.79 Å². The van der Waals surface area contributed by atoms with Crippen LogP contribution in [0.1, 0.15) is 32.3 Å². The molecule has 0 bridgehead atoms. The summed E-state index contributed by atoms with van der Waals surface area (Å²) in [6, 6.07) is 3.80. The third-order valence-electron chi connectivity index (χ3n) is 2.87. The zero-order chi connectivity index (χ0) is 13.0. The Bertz CT molecular complexity index is 391. The van der Waals surface area contributed by atoms with Gasteiger partial charge in [0.2, 0.25) is 5.91 Å². The molecule has 3 nitrogen and oxygen atoms in total. The number of halogens is 1. The summed E-state index contributed by atoms with van der Waals surface area (Å²) in [5, 5.41) is 2.90. The first-order valence-electron chi connectivity index (χ1n) is 5.86. The highest BCUT2D eigenvalue weighted by molar-refractivity contribution is 9.10. The Labute approximate surface area is 111 Å². The molecule has 1 rings (SSSR count). The van der Waals surface area contributed by atoms with E-state index in [1.807, 2.05) is 32.9 Å². The van der Waals surface area contributed by atoms with E-state index >= 15 is 0 Å². The van der Waals surface area contributed by atoms with Gasteiger partial charge < -0.3 is 11.1 Å². The van der Waals surface area contributed by atoms with Crippen LogP contribution in [0.3, 0.4) is 0 Å². The normalized spacial score (nSPS) is 10.6. The van der Waals surface area contributed by atoms with Crippen LogP contribution in [0.5, 0.6) is 0 Å². The van der Waals surface area contributed by atoms with E-state index in [-0.39, 0.29) is 11.8 Å². The molecule has 94 valence electrons. The lowest BCUT2D eigenvalue weighted by Gasteiger charge is -2.15. The second kappa shape index (κ2) is 6.05. The van der Waals surface area contributed by atoms with Crippen LogP contribution in [0.25, 0.3) is 0 Å². The van der Waals surface area contributed by atoms with E-state index in [2.05, 4.69) is 21.2 Å². The molecular weight excluding hydrogens is 280 g/mol. The van der Waals surface area contributed by atoms with Crippen molar-refractivity contribution in [3.63, 3.8) is 0 Å². The zero-order valence-electron chi connectivity index (χ0n) is 10.5. The van der Waals surface area contributed by atoms with Gasteiger partial charge in [-0.1, -0.05) is 13.8 Å². The number of rotatable bonds is 4. The molecule has 0 aliphatic rings. The summed E-state index contributed by atoms with van der Waals surface area (Å²) >= 11 is 3.42. The minimum atomic E-state index is 0.0336. The van der Waals surface area contributed by atoms with Crippen molar-refractivity contribution >= 4 is 33.2 Å². The number of amides is 1. The molecular formula is C13H19BrN2O. The number of carbonyl (C=O) groups is 1. The second-order valence-corrected chi connectivity index (χ2v) is 5.07. The van der Waals surface area contributed by atoms with Crippen LogP contribution in [0.2, 0.25) is 0 Å². The van der Waals surface area contributed by atoms with E-state index in [0.717, 1.165) is 22.9 Å². The largest absolute Gasteiger partial charge is 0.397 e. The Morgan fingerprint density at radius 3 is 2.47 bits per heavy atom. The van der Waals surface area contributed by atoms with Crippen LogP contribution in [0, 0.1) is 12.8 Å². The standard InChI is InChI=1S/C13H19BrN2O/c1-4-9(5-2)13(17)16-12-10(14)6-8(3)7-11(12)15/h6-7,9H,4-5,15H2,1-3H3,(H,16,17). The quantitative estimate of drug-likeness (QED) is 0.833. The summed E-state index contributed by atoms with van der Waals surface area (Å²) in [5.41, 5.74) is 8.24. The maximum absolute atomic E-state index is 12.0. The SMILES string of the molecule is CCC(CC)C(=O)Nc1c(N)cc(C)cc1Br. The molecule has 1 aromatic carbocycles. The summed E-state index contributed by atoms with van der Waals surface area (Å²) in [6.45, 7) is 6.00. The lowest BCUT2D eigenvalue weighted by atomic mass is 10.0. The van der Waals surface area contributed by atoms with Crippen LogP contribution < -0.4 is 11.1 Å². The number of aryl methyl sites for hydroxylation is 1. The highest BCUT2D eigenvalue weighted by atomic mass is 79.9. The fourth-order valence-electron chi connectivity index (χ4n) is 1.79. The van der Waals surface area contributed by atoms with E-state index in [1.165, 1.54) is 0 Å². The fraction of sp³-hybridized carbons (Fsp3) is 0.462. The number of nitrogen functional groups attached to an aromatic ring is 1. The van der Waals surface area contributed by atoms with Gasteiger partial charge in [0.1, 0.15) is 0 Å². The lowest BCUT2D eigenvalue weighted by Crippen LogP contribution is -2.22. The molecule has 1 aromatic rings. The van der Waals surface area contributed by atoms with Gasteiger partial charge >= 0.3 is 0 Å². The van der Waals surface area contributed by atoms with Crippen molar-refractivity contribution in [2.45, 2.75) is 33.6 Å². The average molecular weight is 299 g/mol. The van der Waals surface area contributed by atoms with E-state index in [1.54, 1.807) is 0 Å². The van der Waals surface area contributed by atoms with Gasteiger partial charge in [-0.15, -0.1) is 0 Å². The molecule has 0 aliphatic heterocycles. The molecule has 0 unspecified atom stereocenters. The molecule has 3 N–H and O–H groups in total. The number of hydrogen-bond acceptors (Lipinski definition) is 2. The Morgan fingerprint density at radius 1 is 1.41 bits per heavy atom. The number of benzene rings is 1. The molecule has 0 radical (unpaired) electrons. The average Bonchev–Trinajstić information content (AvgIpc) is 2.25. The number of nitrogens with one attached hydrogen (secondary N) is 1. The Kier molecular flexibility index (Phi) is 5.00. The van der Waals surface area contributed by atoms with Crippen LogP contribution in [-0.2, 0) is 4.79 Å². The minimum Gasteiger partial charge on any atom is -0.397 e. The van der Waals surface area contributed by atoms with Gasteiger partial charge in [-0.05, 0) is 53.4 Å². The molecule has 0 atom stereocenters. The third-order valence-corrected chi connectivity index (χ3v) is 3.50. The van der Waals surface area contributed by atoms with Crippen molar-refractivity contribution < 1.29 is 4.79 Å². The van der Waals surface area contributed by atoms with Gasteiger partial charge in [-0.2, -0.15) is 0 Å². The molecule has 1 amide bonds. The molecule has 0 aromatic heterocycles. The number of nitrogens with two attached hydrogens (primary N) is 1. The van der Waals surface area contributed by atoms with Gasteiger partial charge in [-0.25, -0.2) is 0 Å². The van der Waals surface area contributed by atoms with Crippen molar-refractivity contribution in [2.75, 3.05) is 11.1 Å². The smallest absolute Gasteiger partial charge is 0.227 e. The van der Waals surface area contributed by atoms with Gasteiger partial charge in [0, 0.05) is 10.4 Å². The summed E-state index contributed by atoms with van der Waals surface area (Å²) in [6.07, 6.45) is 1.68. The molecule has 0 heterocycles. The summed E-state index contributed by atoms with van der Waals surface area (Å²) in [7, 11) is 0. The molecule has 0 saturated heterocycles. The van der Waals surface area contributed by atoms with E-state index in [9.17, 15) is 4.79 Å². The summed E-state index contributed by atoms with van der Waals surface area (Å²) in [4.78, 5) is 12.0. The zero-order valence-corrected chi connectivity index (χ0v) is 12.1. The van der Waals surface area contributed by atoms with E-state index < -0.39 is 0 Å². The predicted octanol–water partition coefficient (Wildman–Crippen LogP) is 3.71. The summed E-state index contributed by atoms with van der Waals surface area (Å²) in [5.74, 6) is 0.0776. The Morgan fingerprint density at radius 2 is 2.00 bits per heavy atom. The molecule has 4 heteroatoms. The van der Waals surface area contributed by atoms with Crippen LogP contribution >= 0.6 is 15.9 Å². The lowest BCUT2D eigenvalue weighted by molar-refractivity contribution is -0.120. The number of hydrogen-bond donors (Lipinski definition) is 2. The van der Waals surface area contributed by atoms with Gasteiger partial charge in [0.25, 0.3) is 0 Å². The van der Waals surface area contributed by atoms with E-state index in [4.69, 9.17) is 5.73 Å². The third kappa shape index (κ3) is 3.46. The molecule has 17 heavy (non-hydrogen) atoms. The fourth-order valence-corrected chi connectivity index (χ4v) is 2.47. The maximum atomic E-state index is 12.0. The topological polar surface area (TPSA) is 55.1 Å². The first-order valence-corrected chi connectivity index (χ1v) is 6.65. The summed E-state index contributed by atoms with van der Waals surface area (Å²) < 4.78 is 0.828. The maximum Gasteiger partial charge on any atom is 0.227 e. The van der Waals surface area contributed by atoms with Crippen molar-refractivity contribution in [2.24, 2.45) is 5.92 Å². The number of carbonyl (C=O) groups excluding carboxylic acids is 1. The molecule has 0 fully saturated rings. The monoisotopic (exact) mass is 298 g/mol. The van der Waals surface area contributed by atoms with Crippen LogP contribution in [0.15, 0.2) is 16.6 Å². The Balaban J connectivity index is 2.92. The van der Waals surface area contributed by atoms with Crippen molar-refractivity contribution in [3.05, 3.63) is 22.2 Å². The second-order valence-electron chi connectivity index (χ2n) is 4.21. The van der Waals surface area contributed by atoms with Crippen molar-refractivity contribution in [3.8, 4) is 0 Å². The highest BCUT2D eigenvalue weighted by Crippen LogP contribution is 2.30. The first-order chi connectivity index (χ1) is 7.99. The highest BCUT2D eigenvalue weighted by Gasteiger charge is 2.16. The Hall–Kier alpha value is -1.03. The molecule has 0 saturated carbocycles. The van der Waals surface area contributed by atoms with Crippen molar-refractivity contribution in [1.29, 1.82) is 0 Å². The predicted molar refractivity (Wildman–Crippen MR) is 76.0 cm³/mol.